The fourth-order valence-corrected chi connectivity index (χ4v) is 4.57. The molecule has 1 saturated heterocycles. The minimum atomic E-state index is -0.767. The van der Waals surface area contributed by atoms with E-state index in [0.29, 0.717) is 61.3 Å². The zero-order chi connectivity index (χ0) is 27.7. The van der Waals surface area contributed by atoms with Gasteiger partial charge in [0.1, 0.15) is 11.5 Å². The van der Waals surface area contributed by atoms with Crippen LogP contribution in [-0.2, 0) is 9.59 Å². The minimum Gasteiger partial charge on any atom is -0.507 e. The molecule has 1 atom stereocenters. The van der Waals surface area contributed by atoms with Crippen LogP contribution in [0.5, 0.6) is 17.2 Å². The number of ether oxygens (including phenoxy) is 3. The van der Waals surface area contributed by atoms with Gasteiger partial charge in [-0.15, -0.1) is 0 Å². The van der Waals surface area contributed by atoms with E-state index in [1.807, 2.05) is 26.8 Å². The Kier molecular flexibility index (Phi) is 10.6. The molecule has 2 aromatic carbocycles. The van der Waals surface area contributed by atoms with Gasteiger partial charge in [-0.1, -0.05) is 26.8 Å². The molecule has 1 aliphatic heterocycles. The second-order valence-electron chi connectivity index (χ2n) is 8.96. The van der Waals surface area contributed by atoms with Crippen LogP contribution in [0.4, 0.5) is 0 Å². The fourth-order valence-electron chi connectivity index (χ4n) is 4.57. The Balaban J connectivity index is 2.12. The Morgan fingerprint density at radius 2 is 1.58 bits per heavy atom. The molecule has 0 radical (unpaired) electrons. The van der Waals surface area contributed by atoms with Crippen molar-refractivity contribution in [3.8, 4) is 17.2 Å². The molecular weight excluding hydrogens is 484 g/mol. The molecule has 0 aliphatic carbocycles. The number of amides is 1. The van der Waals surface area contributed by atoms with Gasteiger partial charge in [0.05, 0.1) is 31.4 Å². The molecule has 8 nitrogen and oxygen atoms in total. The van der Waals surface area contributed by atoms with Crippen molar-refractivity contribution in [2.24, 2.45) is 0 Å². The summed E-state index contributed by atoms with van der Waals surface area (Å²) in [5, 5.41) is 11.4. The van der Waals surface area contributed by atoms with Crippen molar-refractivity contribution in [1.82, 2.24) is 9.80 Å². The van der Waals surface area contributed by atoms with Crippen molar-refractivity contribution < 1.29 is 28.9 Å². The van der Waals surface area contributed by atoms with Gasteiger partial charge in [0.15, 0.2) is 11.5 Å². The second kappa shape index (κ2) is 13.9. The topological polar surface area (TPSA) is 88.5 Å². The molecular formula is C30H40N2O6. The third kappa shape index (κ3) is 6.48. The van der Waals surface area contributed by atoms with Crippen LogP contribution in [-0.4, -0.2) is 72.6 Å². The fraction of sp³-hybridized carbons (Fsp3) is 0.467. The summed E-state index contributed by atoms with van der Waals surface area (Å²) in [5.74, 6) is 0.248. The SMILES string of the molecule is CCCOc1ccc(C2C(=C(O)c3ccc(OCC)cc3)C(=O)C(=O)N2CCN(CC)CC)cc1OCC. The summed E-state index contributed by atoms with van der Waals surface area (Å²) in [6, 6.07) is 11.5. The van der Waals surface area contributed by atoms with Crippen molar-refractivity contribution in [2.75, 3.05) is 46.0 Å². The molecule has 1 amide bonds. The van der Waals surface area contributed by atoms with E-state index in [4.69, 9.17) is 14.2 Å². The molecule has 0 saturated carbocycles. The monoisotopic (exact) mass is 524 g/mol. The van der Waals surface area contributed by atoms with Crippen LogP contribution in [0.25, 0.3) is 5.76 Å². The molecule has 0 aromatic heterocycles. The Labute approximate surface area is 225 Å². The Morgan fingerprint density at radius 3 is 2.18 bits per heavy atom. The number of likely N-dealkylation sites (tertiary alicyclic amines) is 1. The molecule has 1 N–H and O–H groups in total. The first-order valence-corrected chi connectivity index (χ1v) is 13.5. The summed E-state index contributed by atoms with van der Waals surface area (Å²) < 4.78 is 17.2. The number of rotatable bonds is 14. The van der Waals surface area contributed by atoms with E-state index in [0.717, 1.165) is 19.5 Å². The second-order valence-corrected chi connectivity index (χ2v) is 8.96. The van der Waals surface area contributed by atoms with E-state index in [1.54, 1.807) is 41.3 Å². The number of aliphatic hydroxyl groups is 1. The van der Waals surface area contributed by atoms with Gasteiger partial charge in [-0.25, -0.2) is 0 Å². The Hall–Kier alpha value is -3.52. The summed E-state index contributed by atoms with van der Waals surface area (Å²) in [7, 11) is 0. The average molecular weight is 525 g/mol. The summed E-state index contributed by atoms with van der Waals surface area (Å²) in [6.07, 6.45) is 0.848. The average Bonchev–Trinajstić information content (AvgIpc) is 3.18. The zero-order valence-electron chi connectivity index (χ0n) is 23.2. The molecule has 1 aliphatic rings. The summed E-state index contributed by atoms with van der Waals surface area (Å²) in [5.41, 5.74) is 1.17. The van der Waals surface area contributed by atoms with Gasteiger partial charge < -0.3 is 29.1 Å². The van der Waals surface area contributed by atoms with Crippen LogP contribution in [0.1, 0.15) is 58.2 Å². The van der Waals surface area contributed by atoms with Gasteiger partial charge in [-0.05, 0) is 75.3 Å². The number of carbonyl (C=O) groups excluding carboxylic acids is 2. The molecule has 1 heterocycles. The first-order valence-electron chi connectivity index (χ1n) is 13.5. The number of benzene rings is 2. The number of aliphatic hydroxyl groups excluding tert-OH is 1. The molecule has 1 unspecified atom stereocenters. The lowest BCUT2D eigenvalue weighted by Gasteiger charge is -2.28. The summed E-state index contributed by atoms with van der Waals surface area (Å²) in [6.45, 7) is 14.0. The van der Waals surface area contributed by atoms with Crippen LogP contribution in [0, 0.1) is 0 Å². The first kappa shape index (κ1) is 29.0. The van der Waals surface area contributed by atoms with Crippen LogP contribution in [0.3, 0.4) is 0 Å². The van der Waals surface area contributed by atoms with Crippen LogP contribution in [0.15, 0.2) is 48.0 Å². The van der Waals surface area contributed by atoms with E-state index in [1.165, 1.54) is 0 Å². The molecule has 3 rings (SSSR count). The maximum atomic E-state index is 13.4. The van der Waals surface area contributed by atoms with Crippen LogP contribution < -0.4 is 14.2 Å². The normalized spacial score (nSPS) is 16.8. The molecule has 1 fully saturated rings. The number of nitrogens with zero attached hydrogens (tertiary/aromatic N) is 2. The molecule has 0 bridgehead atoms. The van der Waals surface area contributed by atoms with Gasteiger partial charge in [0.25, 0.3) is 11.7 Å². The lowest BCUT2D eigenvalue weighted by atomic mass is 9.95. The predicted octanol–water partition coefficient (Wildman–Crippen LogP) is 5.04. The van der Waals surface area contributed by atoms with Crippen molar-refractivity contribution >= 4 is 17.4 Å². The van der Waals surface area contributed by atoms with Crippen molar-refractivity contribution in [3.05, 3.63) is 59.2 Å². The summed E-state index contributed by atoms with van der Waals surface area (Å²) >= 11 is 0. The van der Waals surface area contributed by atoms with E-state index >= 15 is 0 Å². The highest BCUT2D eigenvalue weighted by atomic mass is 16.5. The quantitative estimate of drug-likeness (QED) is 0.211. The third-order valence-corrected chi connectivity index (χ3v) is 6.58. The highest BCUT2D eigenvalue weighted by Crippen LogP contribution is 2.42. The number of ketones is 1. The van der Waals surface area contributed by atoms with Crippen molar-refractivity contribution in [2.45, 2.75) is 47.1 Å². The standard InChI is InChI=1S/C30H40N2O6/c1-6-19-38-24-16-13-22(20-25(24)37-10-5)27-26(28(33)21-11-14-23(15-12-21)36-9-4)29(34)30(35)32(27)18-17-31(7-2)8-3/h11-16,20,27,33H,6-10,17-19H2,1-5H3. The molecule has 8 heteroatoms. The highest BCUT2D eigenvalue weighted by molar-refractivity contribution is 6.46. The van der Waals surface area contributed by atoms with E-state index in [2.05, 4.69) is 18.7 Å². The van der Waals surface area contributed by atoms with Gasteiger partial charge in [-0.2, -0.15) is 0 Å². The van der Waals surface area contributed by atoms with Gasteiger partial charge in [-0.3, -0.25) is 9.59 Å². The van der Waals surface area contributed by atoms with E-state index in [-0.39, 0.29) is 11.3 Å². The lowest BCUT2D eigenvalue weighted by molar-refractivity contribution is -0.140. The molecule has 2 aromatic rings. The number of carbonyl (C=O) groups is 2. The number of Topliss-reactive ketones (excluding diaryl/α,β-unsaturated/α-hetero) is 1. The van der Waals surface area contributed by atoms with Crippen molar-refractivity contribution in [1.29, 1.82) is 0 Å². The van der Waals surface area contributed by atoms with E-state index in [9.17, 15) is 14.7 Å². The predicted molar refractivity (Wildman–Crippen MR) is 148 cm³/mol. The maximum Gasteiger partial charge on any atom is 0.295 e. The third-order valence-electron chi connectivity index (χ3n) is 6.58. The lowest BCUT2D eigenvalue weighted by Crippen LogP contribution is -2.38. The summed E-state index contributed by atoms with van der Waals surface area (Å²) in [4.78, 5) is 30.4. The van der Waals surface area contributed by atoms with E-state index < -0.39 is 17.7 Å². The molecule has 38 heavy (non-hydrogen) atoms. The maximum absolute atomic E-state index is 13.4. The number of likely N-dealkylation sites (N-methyl/N-ethyl adjacent to an activating group) is 1. The van der Waals surface area contributed by atoms with Crippen molar-refractivity contribution in [3.63, 3.8) is 0 Å². The Bertz CT molecular complexity index is 1120. The van der Waals surface area contributed by atoms with Gasteiger partial charge in [0, 0.05) is 18.7 Å². The largest absolute Gasteiger partial charge is 0.507 e. The molecule has 0 spiro atoms. The Morgan fingerprint density at radius 1 is 0.895 bits per heavy atom. The van der Waals surface area contributed by atoms with Crippen LogP contribution >= 0.6 is 0 Å². The molecule has 206 valence electrons. The smallest absolute Gasteiger partial charge is 0.295 e. The zero-order valence-corrected chi connectivity index (χ0v) is 23.2. The minimum absolute atomic E-state index is 0.0587. The van der Waals surface area contributed by atoms with Gasteiger partial charge >= 0.3 is 0 Å². The first-order chi connectivity index (χ1) is 18.4. The number of hydrogen-bond donors (Lipinski definition) is 1. The highest BCUT2D eigenvalue weighted by Gasteiger charge is 2.46. The van der Waals surface area contributed by atoms with Gasteiger partial charge in [0.2, 0.25) is 0 Å². The van der Waals surface area contributed by atoms with Crippen LogP contribution in [0.2, 0.25) is 0 Å². The number of hydrogen-bond acceptors (Lipinski definition) is 7.